The molecule has 1 aromatic heterocycles. The van der Waals surface area contributed by atoms with Crippen LogP contribution in [0.5, 0.6) is 0 Å². The summed E-state index contributed by atoms with van der Waals surface area (Å²) in [4.78, 5) is 4.12. The van der Waals surface area contributed by atoms with Crippen LogP contribution in [0.25, 0.3) is 11.4 Å². The van der Waals surface area contributed by atoms with Gasteiger partial charge in [-0.15, -0.1) is 11.8 Å². The molecule has 0 amide bonds. The number of rotatable bonds is 3. The van der Waals surface area contributed by atoms with Crippen LogP contribution in [0, 0.1) is 11.6 Å². The van der Waals surface area contributed by atoms with Crippen LogP contribution in [-0.2, 0) is 6.54 Å². The molecule has 0 bridgehead atoms. The van der Waals surface area contributed by atoms with Crippen molar-refractivity contribution in [3.63, 3.8) is 0 Å². The molecule has 0 saturated heterocycles. The molecule has 0 saturated carbocycles. The zero-order chi connectivity index (χ0) is 12.4. The summed E-state index contributed by atoms with van der Waals surface area (Å²) in [6, 6.07) is 2.53. The van der Waals surface area contributed by atoms with Gasteiger partial charge in [-0.2, -0.15) is 4.98 Å². The molecule has 17 heavy (non-hydrogen) atoms. The van der Waals surface area contributed by atoms with E-state index in [2.05, 4.69) is 10.1 Å². The van der Waals surface area contributed by atoms with E-state index in [1.54, 1.807) is 6.26 Å². The molecule has 2 N–H and O–H groups in total. The highest BCUT2D eigenvalue weighted by Crippen LogP contribution is 2.30. The van der Waals surface area contributed by atoms with E-state index in [9.17, 15) is 8.78 Å². The Kier molecular flexibility index (Phi) is 3.39. The number of halogens is 2. The lowest BCUT2D eigenvalue weighted by molar-refractivity contribution is 0.380. The van der Waals surface area contributed by atoms with Crippen LogP contribution in [0.4, 0.5) is 8.78 Å². The van der Waals surface area contributed by atoms with Gasteiger partial charge in [0.05, 0.1) is 12.1 Å². The first-order valence-corrected chi connectivity index (χ1v) is 5.95. The second-order valence-electron chi connectivity index (χ2n) is 3.15. The van der Waals surface area contributed by atoms with Crippen LogP contribution in [-0.4, -0.2) is 16.4 Å². The van der Waals surface area contributed by atoms with Crippen molar-refractivity contribution < 1.29 is 13.3 Å². The molecule has 0 fully saturated rings. The minimum absolute atomic E-state index is 0.0262. The summed E-state index contributed by atoms with van der Waals surface area (Å²) in [6.45, 7) is 0.0262. The maximum absolute atomic E-state index is 13.9. The van der Waals surface area contributed by atoms with Crippen LogP contribution in [0.2, 0.25) is 0 Å². The third kappa shape index (κ3) is 2.16. The molecule has 0 spiro atoms. The van der Waals surface area contributed by atoms with Crippen molar-refractivity contribution in [2.24, 2.45) is 5.73 Å². The second-order valence-corrected chi connectivity index (χ2v) is 4.00. The van der Waals surface area contributed by atoms with Gasteiger partial charge in [0.1, 0.15) is 5.82 Å². The molecule has 1 heterocycles. The molecule has 0 unspecified atom stereocenters. The Morgan fingerprint density at radius 2 is 2.18 bits per heavy atom. The summed E-state index contributed by atoms with van der Waals surface area (Å²) in [5.41, 5.74) is 4.99. The van der Waals surface area contributed by atoms with Crippen LogP contribution < -0.4 is 5.73 Å². The lowest BCUT2D eigenvalue weighted by Gasteiger charge is -2.04. The Bertz CT molecular complexity index is 544. The van der Waals surface area contributed by atoms with E-state index in [1.807, 2.05) is 0 Å². The molecule has 2 rings (SSSR count). The van der Waals surface area contributed by atoms with Crippen molar-refractivity contribution in [2.45, 2.75) is 11.4 Å². The van der Waals surface area contributed by atoms with Crippen molar-refractivity contribution in [3.8, 4) is 11.4 Å². The topological polar surface area (TPSA) is 64.9 Å². The van der Waals surface area contributed by atoms with Crippen LogP contribution in [0.3, 0.4) is 0 Å². The Morgan fingerprint density at radius 3 is 2.76 bits per heavy atom. The fraction of sp³-hybridized carbons (Fsp3) is 0.200. The van der Waals surface area contributed by atoms with Crippen LogP contribution in [0.15, 0.2) is 21.6 Å². The molecular weight excluding hydrogens is 248 g/mol. The molecule has 4 nitrogen and oxygen atoms in total. The first-order valence-electron chi connectivity index (χ1n) is 4.72. The summed E-state index contributed by atoms with van der Waals surface area (Å²) in [5, 5.41) is 3.50. The normalized spacial score (nSPS) is 10.8. The number of thioether (sulfide) groups is 1. The average molecular weight is 257 g/mol. The monoisotopic (exact) mass is 257 g/mol. The fourth-order valence-corrected chi connectivity index (χ4v) is 1.82. The minimum atomic E-state index is -0.732. The van der Waals surface area contributed by atoms with Gasteiger partial charge in [0.25, 0.3) is 0 Å². The first-order chi connectivity index (χ1) is 8.17. The van der Waals surface area contributed by atoms with Gasteiger partial charge in [0.15, 0.2) is 5.82 Å². The maximum Gasteiger partial charge on any atom is 0.240 e. The molecule has 90 valence electrons. The Labute approximate surface area is 100 Å². The smallest absolute Gasteiger partial charge is 0.240 e. The van der Waals surface area contributed by atoms with Crippen molar-refractivity contribution in [2.75, 3.05) is 6.26 Å². The molecule has 0 aliphatic heterocycles. The largest absolute Gasteiger partial charge is 0.338 e. The quantitative estimate of drug-likeness (QED) is 0.854. The standard InChI is InChI=1S/C10H9F2N3OS/c1-17-6-3-2-5(11)8(9(6)12)10-14-7(4-13)16-15-10/h2-3H,4,13H2,1H3. The van der Waals surface area contributed by atoms with Gasteiger partial charge >= 0.3 is 0 Å². The molecule has 0 atom stereocenters. The number of hydrogen-bond acceptors (Lipinski definition) is 5. The summed E-state index contributed by atoms with van der Waals surface area (Å²) >= 11 is 1.17. The lowest BCUT2D eigenvalue weighted by atomic mass is 10.2. The Hall–Kier alpha value is -1.47. The number of nitrogens with zero attached hydrogens (tertiary/aromatic N) is 2. The van der Waals surface area contributed by atoms with E-state index in [-0.39, 0.29) is 23.8 Å². The van der Waals surface area contributed by atoms with Crippen molar-refractivity contribution in [3.05, 3.63) is 29.7 Å². The summed E-state index contributed by atoms with van der Waals surface area (Å²) in [7, 11) is 0. The van der Waals surface area contributed by atoms with Gasteiger partial charge in [-0.25, -0.2) is 8.78 Å². The summed E-state index contributed by atoms with van der Waals surface area (Å²) in [5.74, 6) is -1.42. The van der Waals surface area contributed by atoms with Crippen molar-refractivity contribution >= 4 is 11.8 Å². The first kappa shape index (κ1) is 12.0. The van der Waals surface area contributed by atoms with Gasteiger partial charge < -0.3 is 10.3 Å². The fourth-order valence-electron chi connectivity index (χ4n) is 1.34. The second kappa shape index (κ2) is 4.80. The van der Waals surface area contributed by atoms with E-state index in [4.69, 9.17) is 10.3 Å². The summed E-state index contributed by atoms with van der Waals surface area (Å²) in [6.07, 6.45) is 1.70. The highest BCUT2D eigenvalue weighted by Gasteiger charge is 2.19. The van der Waals surface area contributed by atoms with Gasteiger partial charge in [0.2, 0.25) is 11.7 Å². The van der Waals surface area contributed by atoms with E-state index in [0.29, 0.717) is 4.90 Å². The van der Waals surface area contributed by atoms with E-state index >= 15 is 0 Å². The highest BCUT2D eigenvalue weighted by molar-refractivity contribution is 7.98. The van der Waals surface area contributed by atoms with Crippen LogP contribution >= 0.6 is 11.8 Å². The molecule has 0 radical (unpaired) electrons. The Balaban J connectivity index is 2.57. The van der Waals surface area contributed by atoms with E-state index < -0.39 is 11.6 Å². The molecule has 1 aromatic carbocycles. The SMILES string of the molecule is CSc1ccc(F)c(-c2noc(CN)n2)c1F. The number of nitrogens with two attached hydrogens (primary N) is 1. The summed E-state index contributed by atoms with van der Waals surface area (Å²) < 4.78 is 32.2. The minimum Gasteiger partial charge on any atom is -0.338 e. The highest BCUT2D eigenvalue weighted by atomic mass is 32.2. The van der Waals surface area contributed by atoms with Crippen molar-refractivity contribution in [1.82, 2.24) is 10.1 Å². The van der Waals surface area contributed by atoms with Gasteiger partial charge in [-0.1, -0.05) is 5.16 Å². The third-order valence-corrected chi connectivity index (χ3v) is 2.90. The van der Waals surface area contributed by atoms with E-state index in [0.717, 1.165) is 0 Å². The predicted octanol–water partition coefficient (Wildman–Crippen LogP) is 2.20. The number of aromatic nitrogens is 2. The van der Waals surface area contributed by atoms with Crippen LogP contribution in [0.1, 0.15) is 5.89 Å². The van der Waals surface area contributed by atoms with E-state index in [1.165, 1.54) is 23.9 Å². The number of hydrogen-bond donors (Lipinski definition) is 1. The molecule has 7 heteroatoms. The van der Waals surface area contributed by atoms with Crippen molar-refractivity contribution in [1.29, 1.82) is 0 Å². The molecule has 0 aliphatic carbocycles. The zero-order valence-corrected chi connectivity index (χ0v) is 9.72. The molecule has 2 aromatic rings. The van der Waals surface area contributed by atoms with Gasteiger partial charge in [-0.05, 0) is 18.4 Å². The Morgan fingerprint density at radius 1 is 1.41 bits per heavy atom. The number of benzene rings is 1. The van der Waals surface area contributed by atoms with Gasteiger partial charge in [0, 0.05) is 4.90 Å². The van der Waals surface area contributed by atoms with Gasteiger partial charge in [-0.3, -0.25) is 0 Å². The predicted molar refractivity (Wildman–Crippen MR) is 59.3 cm³/mol. The third-order valence-electron chi connectivity index (χ3n) is 2.14. The molecular formula is C10H9F2N3OS. The average Bonchev–Trinajstić information content (AvgIpc) is 2.78. The molecule has 0 aliphatic rings. The maximum atomic E-state index is 13.9. The lowest BCUT2D eigenvalue weighted by Crippen LogP contribution is -1.97. The zero-order valence-electron chi connectivity index (χ0n) is 8.91.